The molecule has 1 aromatic rings. The van der Waals surface area contributed by atoms with Gasteiger partial charge in [0.15, 0.2) is 5.96 Å². The van der Waals surface area contributed by atoms with E-state index in [1.54, 1.807) is 0 Å². The second-order valence-corrected chi connectivity index (χ2v) is 7.74. The lowest BCUT2D eigenvalue weighted by atomic mass is 9.96. The third kappa shape index (κ3) is 4.97. The van der Waals surface area contributed by atoms with Gasteiger partial charge in [0, 0.05) is 26.1 Å². The summed E-state index contributed by atoms with van der Waals surface area (Å²) in [5, 5.41) is 6.93. The number of nitrogens with zero attached hydrogens (tertiary/aromatic N) is 2. The van der Waals surface area contributed by atoms with E-state index in [0.29, 0.717) is 37.8 Å². The van der Waals surface area contributed by atoms with Gasteiger partial charge in [0.2, 0.25) is 5.91 Å². The molecule has 6 nitrogen and oxygen atoms in total. The van der Waals surface area contributed by atoms with Crippen molar-refractivity contribution in [3.8, 4) is 0 Å². The Labute approximate surface area is 184 Å². The van der Waals surface area contributed by atoms with Crippen LogP contribution in [0.5, 0.6) is 0 Å². The maximum atomic E-state index is 12.0. The van der Waals surface area contributed by atoms with Crippen LogP contribution in [0.25, 0.3) is 0 Å². The first-order valence-corrected chi connectivity index (χ1v) is 10.3. The molecule has 28 heavy (non-hydrogen) atoms. The maximum absolute atomic E-state index is 12.0. The average Bonchev–Trinajstić information content (AvgIpc) is 3.39. The predicted molar refractivity (Wildman–Crippen MR) is 121 cm³/mol. The summed E-state index contributed by atoms with van der Waals surface area (Å²) in [4.78, 5) is 18.7. The maximum Gasteiger partial charge on any atom is 0.222 e. The summed E-state index contributed by atoms with van der Waals surface area (Å²) in [6.45, 7) is 5.08. The zero-order valence-electron chi connectivity index (χ0n) is 16.5. The Morgan fingerprint density at radius 1 is 1.29 bits per heavy atom. The van der Waals surface area contributed by atoms with Crippen molar-refractivity contribution in [2.45, 2.75) is 70.4 Å². The van der Waals surface area contributed by atoms with Gasteiger partial charge in [-0.15, -0.1) is 24.0 Å². The molecule has 4 rings (SSSR count). The van der Waals surface area contributed by atoms with E-state index in [9.17, 15) is 4.79 Å². The van der Waals surface area contributed by atoms with Crippen molar-refractivity contribution in [3.63, 3.8) is 0 Å². The molecule has 3 aliphatic heterocycles. The Balaban J connectivity index is 0.00000225. The number of ether oxygens (including phenoxy) is 1. The molecule has 1 aromatic carbocycles. The van der Waals surface area contributed by atoms with Gasteiger partial charge in [-0.2, -0.15) is 0 Å². The molecule has 3 heterocycles. The Kier molecular flexibility index (Phi) is 7.56. The van der Waals surface area contributed by atoms with Gasteiger partial charge in [-0.1, -0.05) is 24.3 Å². The number of guanidine groups is 1. The van der Waals surface area contributed by atoms with Gasteiger partial charge in [-0.25, -0.2) is 4.99 Å². The van der Waals surface area contributed by atoms with Crippen LogP contribution >= 0.6 is 24.0 Å². The normalized spacial score (nSPS) is 26.5. The molecule has 7 heteroatoms. The largest absolute Gasteiger partial charge is 0.373 e. The summed E-state index contributed by atoms with van der Waals surface area (Å²) in [5.41, 5.74) is 2.37. The minimum atomic E-state index is 0. The molecule has 0 aliphatic carbocycles. The molecule has 0 saturated carbocycles. The summed E-state index contributed by atoms with van der Waals surface area (Å²) in [6, 6.07) is 8.67. The van der Waals surface area contributed by atoms with Gasteiger partial charge >= 0.3 is 0 Å². The van der Waals surface area contributed by atoms with E-state index in [2.05, 4.69) is 29.7 Å². The molecule has 154 valence electrons. The highest BCUT2D eigenvalue weighted by Gasteiger charge is 2.41. The number of hydrogen-bond acceptors (Lipinski definition) is 3. The Morgan fingerprint density at radius 3 is 2.75 bits per heavy atom. The first-order valence-electron chi connectivity index (χ1n) is 10.3. The molecule has 3 atom stereocenters. The smallest absolute Gasteiger partial charge is 0.222 e. The van der Waals surface area contributed by atoms with Crippen LogP contribution in [0.3, 0.4) is 0 Å². The number of likely N-dealkylation sites (tertiary alicyclic amines) is 1. The lowest BCUT2D eigenvalue weighted by molar-refractivity contribution is -0.128. The molecule has 3 aliphatic rings. The lowest BCUT2D eigenvalue weighted by Crippen LogP contribution is -2.47. The fourth-order valence-corrected chi connectivity index (χ4v) is 4.39. The van der Waals surface area contributed by atoms with Crippen molar-refractivity contribution in [1.82, 2.24) is 15.5 Å². The summed E-state index contributed by atoms with van der Waals surface area (Å²) in [6.07, 6.45) is 5.82. The highest BCUT2D eigenvalue weighted by Crippen LogP contribution is 2.34. The van der Waals surface area contributed by atoms with E-state index in [0.717, 1.165) is 38.3 Å². The molecule has 0 spiro atoms. The van der Waals surface area contributed by atoms with Crippen LogP contribution in [0.2, 0.25) is 0 Å². The number of benzene rings is 1. The zero-order valence-corrected chi connectivity index (χ0v) is 18.9. The second kappa shape index (κ2) is 9.91. The summed E-state index contributed by atoms with van der Waals surface area (Å²) in [5.74, 6) is 1.12. The number of hydrogen-bond donors (Lipinski definition) is 2. The van der Waals surface area contributed by atoms with Gasteiger partial charge in [0.05, 0.1) is 24.8 Å². The molecule has 2 N–H and O–H groups in total. The van der Waals surface area contributed by atoms with Crippen molar-refractivity contribution in [3.05, 3.63) is 35.4 Å². The second-order valence-electron chi connectivity index (χ2n) is 7.74. The molecule has 0 radical (unpaired) electrons. The highest BCUT2D eigenvalue weighted by molar-refractivity contribution is 14.0. The molecular formula is C21H31IN4O2. The molecule has 3 unspecified atom stereocenters. The molecule has 0 aromatic heterocycles. The van der Waals surface area contributed by atoms with Crippen LogP contribution in [0.4, 0.5) is 0 Å². The van der Waals surface area contributed by atoms with Crippen molar-refractivity contribution in [2.24, 2.45) is 4.99 Å². The molecular weight excluding hydrogens is 467 g/mol. The average molecular weight is 498 g/mol. The van der Waals surface area contributed by atoms with Gasteiger partial charge in [-0.05, 0) is 43.7 Å². The van der Waals surface area contributed by atoms with Gasteiger partial charge in [0.1, 0.15) is 0 Å². The van der Waals surface area contributed by atoms with Gasteiger partial charge < -0.3 is 20.3 Å². The Hall–Kier alpha value is -1.35. The minimum absolute atomic E-state index is 0. The number of carbonyl (C=O) groups excluding carboxylic acids is 1. The minimum Gasteiger partial charge on any atom is -0.373 e. The van der Waals surface area contributed by atoms with Crippen LogP contribution in [-0.4, -0.2) is 48.1 Å². The van der Waals surface area contributed by atoms with Crippen molar-refractivity contribution in [2.75, 3.05) is 13.1 Å². The van der Waals surface area contributed by atoms with E-state index < -0.39 is 0 Å². The topological polar surface area (TPSA) is 66.0 Å². The fourth-order valence-electron chi connectivity index (χ4n) is 4.39. The monoisotopic (exact) mass is 498 g/mol. The van der Waals surface area contributed by atoms with E-state index in [-0.39, 0.29) is 29.9 Å². The quantitative estimate of drug-likeness (QED) is 0.360. The Morgan fingerprint density at radius 2 is 2.11 bits per heavy atom. The standard InChI is InChI=1S/C21H30N4O2.HI/c1-2-22-21(24-18-12-17-9-10-19(18)27-17)23-13-15-6-3-4-7-16(15)14-25-11-5-8-20(25)26;/h3-4,6-7,17-19H,2,5,8-14H2,1H3,(H2,22,23,24);1H. The van der Waals surface area contributed by atoms with Crippen LogP contribution in [0.1, 0.15) is 50.2 Å². The Bertz CT molecular complexity index is 711. The number of rotatable bonds is 6. The molecule has 3 fully saturated rings. The number of aliphatic imine (C=N–C) groups is 1. The van der Waals surface area contributed by atoms with Gasteiger partial charge in [-0.3, -0.25) is 4.79 Å². The third-order valence-electron chi connectivity index (χ3n) is 5.83. The fraction of sp³-hybridized carbons (Fsp3) is 0.619. The van der Waals surface area contributed by atoms with E-state index in [4.69, 9.17) is 9.73 Å². The number of carbonyl (C=O) groups is 1. The van der Waals surface area contributed by atoms with Crippen LogP contribution < -0.4 is 10.6 Å². The summed E-state index contributed by atoms with van der Waals surface area (Å²) >= 11 is 0. The van der Waals surface area contributed by atoms with E-state index >= 15 is 0 Å². The molecule has 1 amide bonds. The molecule has 3 saturated heterocycles. The third-order valence-corrected chi connectivity index (χ3v) is 5.83. The van der Waals surface area contributed by atoms with E-state index in [1.165, 1.54) is 17.5 Å². The zero-order chi connectivity index (χ0) is 18.6. The first-order chi connectivity index (χ1) is 13.2. The number of amides is 1. The van der Waals surface area contributed by atoms with Gasteiger partial charge in [0.25, 0.3) is 0 Å². The van der Waals surface area contributed by atoms with Crippen molar-refractivity contribution >= 4 is 35.8 Å². The summed E-state index contributed by atoms with van der Waals surface area (Å²) in [7, 11) is 0. The van der Waals surface area contributed by atoms with Crippen LogP contribution in [0, 0.1) is 0 Å². The number of nitrogens with one attached hydrogen (secondary N) is 2. The van der Waals surface area contributed by atoms with Crippen LogP contribution in [-0.2, 0) is 22.6 Å². The van der Waals surface area contributed by atoms with Crippen LogP contribution in [0.15, 0.2) is 29.3 Å². The molecule has 2 bridgehead atoms. The van der Waals surface area contributed by atoms with E-state index in [1.807, 2.05) is 17.0 Å². The lowest BCUT2D eigenvalue weighted by Gasteiger charge is -2.23. The highest BCUT2D eigenvalue weighted by atomic mass is 127. The summed E-state index contributed by atoms with van der Waals surface area (Å²) < 4.78 is 5.95. The van der Waals surface area contributed by atoms with Crippen molar-refractivity contribution in [1.29, 1.82) is 0 Å². The first kappa shape index (κ1) is 21.4. The number of fused-ring (bicyclic) bond motifs is 2. The number of halogens is 1. The predicted octanol–water partition coefficient (Wildman–Crippen LogP) is 2.80. The van der Waals surface area contributed by atoms with Crippen molar-refractivity contribution < 1.29 is 9.53 Å². The SMILES string of the molecule is CCNC(=NCc1ccccc1CN1CCCC1=O)NC1CC2CCC1O2.I.